The van der Waals surface area contributed by atoms with Crippen molar-refractivity contribution in [1.82, 2.24) is 9.80 Å². The number of carboxylic acid groups (broad SMARTS) is 1. The largest absolute Gasteiger partial charge is 0.480 e. The zero-order valence-electron chi connectivity index (χ0n) is 9.22. The Kier molecular flexibility index (Phi) is 5.01. The molecule has 0 aromatic heterocycles. The van der Waals surface area contributed by atoms with Crippen molar-refractivity contribution in [3.8, 4) is 0 Å². The highest BCUT2D eigenvalue weighted by Crippen LogP contribution is 2.06. The maximum atomic E-state index is 10.8. The zero-order chi connectivity index (χ0) is 11.3. The second-order valence-electron chi connectivity index (χ2n) is 3.97. The molecule has 0 bridgehead atoms. The first-order chi connectivity index (χ1) is 7.15. The molecule has 0 aromatic carbocycles. The quantitative estimate of drug-likeness (QED) is 0.661. The van der Waals surface area contributed by atoms with Gasteiger partial charge in [-0.25, -0.2) is 0 Å². The van der Waals surface area contributed by atoms with E-state index in [2.05, 4.69) is 4.90 Å². The van der Waals surface area contributed by atoms with Crippen LogP contribution >= 0.6 is 0 Å². The third-order valence-electron chi connectivity index (χ3n) is 2.94. The standard InChI is InChI=1S/C10H20N2O3/c1-9(10(14)15)12-4-2-3-11(5-6-12)7-8-13/h9,13H,2-8H2,1H3,(H,14,15). The molecule has 0 amide bonds. The number of β-amino-alcohol motifs (C(OH)–C–C–N with tert-alkyl or cyclic N) is 1. The van der Waals surface area contributed by atoms with Crippen molar-refractivity contribution in [2.45, 2.75) is 19.4 Å². The van der Waals surface area contributed by atoms with Gasteiger partial charge in [-0.3, -0.25) is 14.6 Å². The molecule has 2 N–H and O–H groups in total. The van der Waals surface area contributed by atoms with Gasteiger partial charge in [-0.2, -0.15) is 0 Å². The van der Waals surface area contributed by atoms with E-state index in [9.17, 15) is 4.79 Å². The van der Waals surface area contributed by atoms with Gasteiger partial charge in [-0.05, 0) is 19.9 Å². The van der Waals surface area contributed by atoms with Crippen molar-refractivity contribution >= 4 is 5.97 Å². The minimum atomic E-state index is -0.759. The highest BCUT2D eigenvalue weighted by molar-refractivity contribution is 5.72. The number of aliphatic hydroxyl groups excluding tert-OH is 1. The van der Waals surface area contributed by atoms with Crippen LogP contribution in [0.2, 0.25) is 0 Å². The van der Waals surface area contributed by atoms with Crippen molar-refractivity contribution in [3.05, 3.63) is 0 Å². The molecule has 1 aliphatic rings. The van der Waals surface area contributed by atoms with Crippen LogP contribution in [0.1, 0.15) is 13.3 Å². The third kappa shape index (κ3) is 3.77. The molecule has 0 aromatic rings. The normalized spacial score (nSPS) is 22.3. The Labute approximate surface area is 90.3 Å². The maximum Gasteiger partial charge on any atom is 0.320 e. The van der Waals surface area contributed by atoms with Gasteiger partial charge >= 0.3 is 5.97 Å². The van der Waals surface area contributed by atoms with E-state index in [0.717, 1.165) is 32.6 Å². The van der Waals surface area contributed by atoms with Crippen LogP contribution in [0.3, 0.4) is 0 Å². The number of nitrogens with zero attached hydrogens (tertiary/aromatic N) is 2. The summed E-state index contributed by atoms with van der Waals surface area (Å²) in [5.41, 5.74) is 0. The molecule has 0 saturated carbocycles. The van der Waals surface area contributed by atoms with E-state index in [1.165, 1.54) is 0 Å². The Morgan fingerprint density at radius 2 is 2.07 bits per heavy atom. The van der Waals surface area contributed by atoms with Gasteiger partial charge in [0.2, 0.25) is 0 Å². The summed E-state index contributed by atoms with van der Waals surface area (Å²) in [5, 5.41) is 17.7. The summed E-state index contributed by atoms with van der Waals surface area (Å²) in [5.74, 6) is -0.759. The first kappa shape index (κ1) is 12.4. The lowest BCUT2D eigenvalue weighted by Crippen LogP contribution is -2.41. The highest BCUT2D eigenvalue weighted by atomic mass is 16.4. The van der Waals surface area contributed by atoms with Gasteiger partial charge in [0, 0.05) is 26.2 Å². The number of carboxylic acids is 1. The second kappa shape index (κ2) is 6.05. The van der Waals surface area contributed by atoms with Crippen LogP contribution in [0, 0.1) is 0 Å². The van der Waals surface area contributed by atoms with Crippen LogP contribution < -0.4 is 0 Å². The molecule has 1 aliphatic heterocycles. The van der Waals surface area contributed by atoms with Crippen molar-refractivity contribution in [1.29, 1.82) is 0 Å². The molecular formula is C10H20N2O3. The predicted molar refractivity (Wildman–Crippen MR) is 56.8 cm³/mol. The average Bonchev–Trinajstić information content (AvgIpc) is 2.43. The van der Waals surface area contributed by atoms with Crippen LogP contribution in [-0.4, -0.2) is 71.4 Å². The van der Waals surface area contributed by atoms with Gasteiger partial charge in [0.15, 0.2) is 0 Å². The Bertz CT molecular complexity index is 211. The molecule has 1 fully saturated rings. The van der Waals surface area contributed by atoms with E-state index >= 15 is 0 Å². The molecule has 1 atom stereocenters. The Morgan fingerprint density at radius 3 is 2.67 bits per heavy atom. The fraction of sp³-hybridized carbons (Fsp3) is 0.900. The molecule has 0 radical (unpaired) electrons. The molecule has 0 spiro atoms. The van der Waals surface area contributed by atoms with Gasteiger partial charge in [0.25, 0.3) is 0 Å². The van der Waals surface area contributed by atoms with Gasteiger partial charge in [0.05, 0.1) is 6.61 Å². The number of aliphatic hydroxyl groups is 1. The van der Waals surface area contributed by atoms with Gasteiger partial charge < -0.3 is 10.2 Å². The monoisotopic (exact) mass is 216 g/mol. The number of hydrogen-bond acceptors (Lipinski definition) is 4. The summed E-state index contributed by atoms with van der Waals surface area (Å²) in [4.78, 5) is 15.0. The summed E-state index contributed by atoms with van der Waals surface area (Å²) in [7, 11) is 0. The fourth-order valence-corrected chi connectivity index (χ4v) is 1.90. The molecule has 0 aliphatic carbocycles. The Morgan fingerprint density at radius 1 is 1.33 bits per heavy atom. The summed E-state index contributed by atoms with van der Waals surface area (Å²) < 4.78 is 0. The predicted octanol–water partition coefficient (Wildman–Crippen LogP) is -0.540. The van der Waals surface area contributed by atoms with E-state index in [1.807, 2.05) is 4.90 Å². The Balaban J connectivity index is 2.41. The first-order valence-corrected chi connectivity index (χ1v) is 5.45. The lowest BCUT2D eigenvalue weighted by atomic mass is 10.2. The minimum absolute atomic E-state index is 0.175. The third-order valence-corrected chi connectivity index (χ3v) is 2.94. The molecule has 1 unspecified atom stereocenters. The molecule has 15 heavy (non-hydrogen) atoms. The molecule has 5 nitrogen and oxygen atoms in total. The van der Waals surface area contributed by atoms with Gasteiger partial charge in [0.1, 0.15) is 6.04 Å². The van der Waals surface area contributed by atoms with Crippen molar-refractivity contribution in [2.75, 3.05) is 39.3 Å². The zero-order valence-corrected chi connectivity index (χ0v) is 9.22. The van der Waals surface area contributed by atoms with E-state index in [0.29, 0.717) is 6.54 Å². The lowest BCUT2D eigenvalue weighted by Gasteiger charge is -2.24. The molecule has 88 valence electrons. The molecule has 1 rings (SSSR count). The van der Waals surface area contributed by atoms with Gasteiger partial charge in [-0.1, -0.05) is 0 Å². The first-order valence-electron chi connectivity index (χ1n) is 5.45. The van der Waals surface area contributed by atoms with Crippen molar-refractivity contribution in [3.63, 3.8) is 0 Å². The van der Waals surface area contributed by atoms with Crippen LogP contribution in [0.25, 0.3) is 0 Å². The average molecular weight is 216 g/mol. The van der Waals surface area contributed by atoms with Crippen LogP contribution in [0.4, 0.5) is 0 Å². The lowest BCUT2D eigenvalue weighted by molar-refractivity contribution is -0.142. The van der Waals surface area contributed by atoms with Crippen molar-refractivity contribution in [2.24, 2.45) is 0 Å². The van der Waals surface area contributed by atoms with E-state index < -0.39 is 12.0 Å². The Hall–Kier alpha value is -0.650. The molecule has 5 heteroatoms. The topological polar surface area (TPSA) is 64.0 Å². The number of hydrogen-bond donors (Lipinski definition) is 2. The van der Waals surface area contributed by atoms with Crippen molar-refractivity contribution < 1.29 is 15.0 Å². The van der Waals surface area contributed by atoms with Crippen LogP contribution in [0.15, 0.2) is 0 Å². The molecule has 1 heterocycles. The summed E-state index contributed by atoms with van der Waals surface area (Å²) in [6.07, 6.45) is 0.970. The van der Waals surface area contributed by atoms with E-state index in [-0.39, 0.29) is 6.61 Å². The SMILES string of the molecule is CC(C(=O)O)N1CCCN(CCO)CC1. The maximum absolute atomic E-state index is 10.8. The van der Waals surface area contributed by atoms with Crippen LogP contribution in [0.5, 0.6) is 0 Å². The molecule has 1 saturated heterocycles. The summed E-state index contributed by atoms with van der Waals surface area (Å²) in [6, 6.07) is -0.404. The second-order valence-corrected chi connectivity index (χ2v) is 3.97. The van der Waals surface area contributed by atoms with E-state index in [1.54, 1.807) is 6.92 Å². The fourth-order valence-electron chi connectivity index (χ4n) is 1.90. The van der Waals surface area contributed by atoms with E-state index in [4.69, 9.17) is 10.2 Å². The molecular weight excluding hydrogens is 196 g/mol. The summed E-state index contributed by atoms with van der Waals surface area (Å²) in [6.45, 7) is 5.98. The van der Waals surface area contributed by atoms with Crippen LogP contribution in [-0.2, 0) is 4.79 Å². The number of carbonyl (C=O) groups is 1. The van der Waals surface area contributed by atoms with Gasteiger partial charge in [-0.15, -0.1) is 0 Å². The minimum Gasteiger partial charge on any atom is -0.480 e. The number of aliphatic carboxylic acids is 1. The highest BCUT2D eigenvalue weighted by Gasteiger charge is 2.22. The number of rotatable bonds is 4. The smallest absolute Gasteiger partial charge is 0.320 e. The summed E-state index contributed by atoms with van der Waals surface area (Å²) >= 11 is 0.